The van der Waals surface area contributed by atoms with E-state index < -0.39 is 24.0 Å². The largest absolute Gasteiger partial charge is 0.478 e. The van der Waals surface area contributed by atoms with Gasteiger partial charge >= 0.3 is 18.0 Å². The van der Waals surface area contributed by atoms with Gasteiger partial charge in [-0.3, -0.25) is 0 Å². The highest BCUT2D eigenvalue weighted by atomic mass is 79.9. The van der Waals surface area contributed by atoms with Gasteiger partial charge in [-0.25, -0.2) is 14.4 Å². The molecule has 0 aromatic heterocycles. The van der Waals surface area contributed by atoms with Gasteiger partial charge in [-0.1, -0.05) is 0 Å². The lowest BCUT2D eigenvalue weighted by Crippen LogP contribution is -2.41. The number of halogens is 1. The Bertz CT molecular complexity index is 561. The molecule has 0 aliphatic rings. The first-order chi connectivity index (χ1) is 9.85. The van der Waals surface area contributed by atoms with Crippen LogP contribution in [0.25, 0.3) is 0 Å². The number of carboxylic acid groups (broad SMARTS) is 1. The zero-order chi connectivity index (χ0) is 16.0. The van der Waals surface area contributed by atoms with Crippen LogP contribution in [0.5, 0.6) is 0 Å². The van der Waals surface area contributed by atoms with Gasteiger partial charge in [0.25, 0.3) is 0 Å². The summed E-state index contributed by atoms with van der Waals surface area (Å²) in [5.74, 6) is -1.60. The monoisotopic (exact) mass is 358 g/mol. The number of ether oxygens (including phenoxy) is 1. The van der Waals surface area contributed by atoms with Gasteiger partial charge in [0.2, 0.25) is 0 Å². The van der Waals surface area contributed by atoms with E-state index in [9.17, 15) is 14.4 Å². The molecule has 0 saturated heterocycles. The highest BCUT2D eigenvalue weighted by molar-refractivity contribution is 9.10. The first kappa shape index (κ1) is 17.0. The SMILES string of the molecule is CCOC(=O)C(C)NC(=O)Nc1ccc(C(=O)O)cc1Br. The smallest absolute Gasteiger partial charge is 0.335 e. The van der Waals surface area contributed by atoms with Crippen LogP contribution in [-0.4, -0.2) is 35.7 Å². The minimum absolute atomic E-state index is 0.0905. The van der Waals surface area contributed by atoms with Gasteiger partial charge in [-0.2, -0.15) is 0 Å². The highest BCUT2D eigenvalue weighted by Crippen LogP contribution is 2.23. The predicted octanol–water partition coefficient (Wildman–Crippen LogP) is 2.22. The average Bonchev–Trinajstić information content (AvgIpc) is 2.40. The Labute approximate surface area is 129 Å². The molecule has 0 fully saturated rings. The van der Waals surface area contributed by atoms with Crippen LogP contribution in [0.4, 0.5) is 10.5 Å². The van der Waals surface area contributed by atoms with E-state index in [0.29, 0.717) is 10.2 Å². The Morgan fingerprint density at radius 1 is 1.38 bits per heavy atom. The second-order valence-electron chi connectivity index (χ2n) is 4.07. The van der Waals surface area contributed by atoms with Gasteiger partial charge < -0.3 is 20.5 Å². The van der Waals surface area contributed by atoms with Crippen LogP contribution in [-0.2, 0) is 9.53 Å². The van der Waals surface area contributed by atoms with Crippen LogP contribution < -0.4 is 10.6 Å². The van der Waals surface area contributed by atoms with Crippen molar-refractivity contribution in [2.45, 2.75) is 19.9 Å². The number of rotatable bonds is 5. The lowest BCUT2D eigenvalue weighted by Gasteiger charge is -2.14. The molecule has 1 unspecified atom stereocenters. The third-order valence-electron chi connectivity index (χ3n) is 2.45. The molecular weight excluding hydrogens is 344 g/mol. The minimum Gasteiger partial charge on any atom is -0.478 e. The van der Waals surface area contributed by atoms with Crippen LogP contribution >= 0.6 is 15.9 Å². The van der Waals surface area contributed by atoms with Gasteiger partial charge in [0.15, 0.2) is 0 Å². The predicted molar refractivity (Wildman–Crippen MR) is 79.4 cm³/mol. The van der Waals surface area contributed by atoms with Crippen LogP contribution in [0, 0.1) is 0 Å². The maximum absolute atomic E-state index is 11.7. The van der Waals surface area contributed by atoms with Crippen molar-refractivity contribution in [1.29, 1.82) is 0 Å². The number of carbonyl (C=O) groups is 3. The van der Waals surface area contributed by atoms with E-state index in [-0.39, 0.29) is 12.2 Å². The summed E-state index contributed by atoms with van der Waals surface area (Å²) in [5.41, 5.74) is 0.473. The van der Waals surface area contributed by atoms with Crippen LogP contribution in [0.15, 0.2) is 22.7 Å². The molecule has 0 spiro atoms. The van der Waals surface area contributed by atoms with Crippen molar-refractivity contribution < 1.29 is 24.2 Å². The molecule has 1 aromatic carbocycles. The Kier molecular flexibility index (Phi) is 6.16. The standard InChI is InChI=1S/C13H15BrN2O5/c1-3-21-12(19)7(2)15-13(20)16-10-5-4-8(11(17)18)6-9(10)14/h4-7H,3H2,1-2H3,(H,17,18)(H2,15,16,20). The second kappa shape index (κ2) is 7.63. The molecule has 8 heteroatoms. The van der Waals surface area contributed by atoms with Gasteiger partial charge in [0, 0.05) is 4.47 Å². The van der Waals surface area contributed by atoms with E-state index in [0.717, 1.165) is 0 Å². The number of hydrogen-bond donors (Lipinski definition) is 3. The summed E-state index contributed by atoms with van der Waals surface area (Å²) in [6, 6.07) is 2.79. The molecule has 1 aromatic rings. The molecule has 21 heavy (non-hydrogen) atoms. The molecule has 1 atom stereocenters. The lowest BCUT2D eigenvalue weighted by atomic mass is 10.2. The number of carbonyl (C=O) groups excluding carboxylic acids is 2. The summed E-state index contributed by atoms with van der Waals surface area (Å²) in [4.78, 5) is 33.9. The Morgan fingerprint density at radius 2 is 2.05 bits per heavy atom. The van der Waals surface area contributed by atoms with E-state index in [1.54, 1.807) is 6.92 Å². The molecule has 7 nitrogen and oxygen atoms in total. The van der Waals surface area contributed by atoms with Crippen molar-refractivity contribution in [3.63, 3.8) is 0 Å². The molecule has 0 radical (unpaired) electrons. The zero-order valence-electron chi connectivity index (χ0n) is 11.5. The van der Waals surface area contributed by atoms with E-state index in [4.69, 9.17) is 9.84 Å². The summed E-state index contributed by atoms with van der Waals surface area (Å²) in [6.45, 7) is 3.40. The molecular formula is C13H15BrN2O5. The Hall–Kier alpha value is -2.09. The Morgan fingerprint density at radius 3 is 2.57 bits per heavy atom. The van der Waals surface area contributed by atoms with Gasteiger partial charge in [0.1, 0.15) is 6.04 Å². The molecule has 0 saturated carbocycles. The zero-order valence-corrected chi connectivity index (χ0v) is 13.1. The van der Waals surface area contributed by atoms with Crippen LogP contribution in [0.2, 0.25) is 0 Å². The third-order valence-corrected chi connectivity index (χ3v) is 3.11. The Balaban J connectivity index is 2.67. The maximum Gasteiger partial charge on any atom is 0.335 e. The molecule has 0 bridgehead atoms. The highest BCUT2D eigenvalue weighted by Gasteiger charge is 2.17. The number of hydrogen-bond acceptors (Lipinski definition) is 4. The number of amides is 2. The first-order valence-corrected chi connectivity index (χ1v) is 6.91. The molecule has 3 N–H and O–H groups in total. The summed E-state index contributed by atoms with van der Waals surface area (Å²) < 4.78 is 5.18. The number of carboxylic acids is 1. The van der Waals surface area contributed by atoms with Gasteiger partial charge in [0.05, 0.1) is 17.9 Å². The summed E-state index contributed by atoms with van der Waals surface area (Å²) in [6.07, 6.45) is 0. The second-order valence-corrected chi connectivity index (χ2v) is 4.93. The molecule has 0 aliphatic heterocycles. The van der Waals surface area contributed by atoms with Crippen molar-refractivity contribution >= 4 is 39.6 Å². The fourth-order valence-electron chi connectivity index (χ4n) is 1.43. The van der Waals surface area contributed by atoms with Crippen molar-refractivity contribution in [1.82, 2.24) is 5.32 Å². The average molecular weight is 359 g/mol. The number of anilines is 1. The van der Waals surface area contributed by atoms with E-state index >= 15 is 0 Å². The summed E-state index contributed by atoms with van der Waals surface area (Å²) in [5, 5.41) is 13.8. The first-order valence-electron chi connectivity index (χ1n) is 6.12. The van der Waals surface area contributed by atoms with Crippen molar-refractivity contribution in [2.24, 2.45) is 0 Å². The van der Waals surface area contributed by atoms with Gasteiger partial charge in [-0.15, -0.1) is 0 Å². The lowest BCUT2D eigenvalue weighted by molar-refractivity contribution is -0.144. The fourth-order valence-corrected chi connectivity index (χ4v) is 1.91. The minimum atomic E-state index is -1.07. The van der Waals surface area contributed by atoms with Crippen LogP contribution in [0.3, 0.4) is 0 Å². The number of esters is 1. The summed E-state index contributed by atoms with van der Waals surface area (Å²) >= 11 is 3.17. The van der Waals surface area contributed by atoms with Gasteiger partial charge in [-0.05, 0) is 48.0 Å². The molecule has 2 amide bonds. The number of urea groups is 1. The maximum atomic E-state index is 11.7. The molecule has 1 rings (SSSR count). The quantitative estimate of drug-likeness (QED) is 0.700. The number of nitrogens with one attached hydrogen (secondary N) is 2. The normalized spacial score (nSPS) is 11.4. The van der Waals surface area contributed by atoms with Crippen LogP contribution in [0.1, 0.15) is 24.2 Å². The van der Waals surface area contributed by atoms with Crippen molar-refractivity contribution in [3.05, 3.63) is 28.2 Å². The van der Waals surface area contributed by atoms with E-state index in [2.05, 4.69) is 26.6 Å². The van der Waals surface area contributed by atoms with Crippen molar-refractivity contribution in [3.8, 4) is 0 Å². The molecule has 0 aliphatic carbocycles. The fraction of sp³-hybridized carbons (Fsp3) is 0.308. The molecule has 114 valence electrons. The third kappa shape index (κ3) is 5.07. The van der Waals surface area contributed by atoms with E-state index in [1.165, 1.54) is 25.1 Å². The molecule has 0 heterocycles. The van der Waals surface area contributed by atoms with E-state index in [1.807, 2.05) is 0 Å². The topological polar surface area (TPSA) is 105 Å². The number of benzene rings is 1. The number of aromatic carboxylic acids is 1. The summed E-state index contributed by atoms with van der Waals surface area (Å²) in [7, 11) is 0. The van der Waals surface area contributed by atoms with Crippen molar-refractivity contribution in [2.75, 3.05) is 11.9 Å².